The third-order valence-electron chi connectivity index (χ3n) is 3.70. The second-order valence-electron chi connectivity index (χ2n) is 5.88. The fourth-order valence-electron chi connectivity index (χ4n) is 2.65. The van der Waals surface area contributed by atoms with E-state index in [9.17, 15) is 22.3 Å². The average molecular weight is 349 g/mol. The maximum atomic E-state index is 14.0. The van der Waals surface area contributed by atoms with Gasteiger partial charge in [0.25, 0.3) is 0 Å². The van der Waals surface area contributed by atoms with Crippen molar-refractivity contribution in [2.75, 3.05) is 18.9 Å². The molecule has 0 amide bonds. The predicted molar refractivity (Wildman–Crippen MR) is 81.3 cm³/mol. The molecule has 1 aromatic carbocycles. The minimum atomic E-state index is -3.76. The van der Waals surface area contributed by atoms with Crippen molar-refractivity contribution in [3.63, 3.8) is 0 Å². The van der Waals surface area contributed by atoms with Crippen molar-refractivity contribution in [1.82, 2.24) is 4.31 Å². The molecule has 0 saturated carbocycles. The van der Waals surface area contributed by atoms with E-state index in [1.165, 1.54) is 0 Å². The fraction of sp³-hybridized carbons (Fsp3) is 0.600. The van der Waals surface area contributed by atoms with Crippen LogP contribution in [0, 0.1) is 11.6 Å². The minimum Gasteiger partial charge on any atom is -0.392 e. The van der Waals surface area contributed by atoms with E-state index in [0.29, 0.717) is 0 Å². The van der Waals surface area contributed by atoms with Gasteiger partial charge in [-0.25, -0.2) is 17.2 Å². The van der Waals surface area contributed by atoms with E-state index in [2.05, 4.69) is 0 Å². The van der Waals surface area contributed by atoms with Gasteiger partial charge in [0.1, 0.15) is 11.6 Å². The summed E-state index contributed by atoms with van der Waals surface area (Å²) in [4.78, 5) is 0. The van der Waals surface area contributed by atoms with E-state index in [0.717, 1.165) is 22.5 Å². The highest BCUT2D eigenvalue weighted by molar-refractivity contribution is 7.89. The Morgan fingerprint density at radius 3 is 2.74 bits per heavy atom. The van der Waals surface area contributed by atoms with Crippen LogP contribution >= 0.6 is 0 Å². The van der Waals surface area contributed by atoms with Gasteiger partial charge in [-0.3, -0.25) is 0 Å². The molecule has 1 aliphatic heterocycles. The molecule has 130 valence electrons. The Balaban J connectivity index is 2.23. The molecule has 1 heterocycles. The molecule has 0 aliphatic carbocycles. The van der Waals surface area contributed by atoms with Crippen LogP contribution in [0.1, 0.15) is 31.9 Å². The number of aliphatic hydroxyl groups is 1. The normalized spacial score (nSPS) is 22.9. The fourth-order valence-corrected chi connectivity index (χ4v) is 4.18. The SMILES string of the molecule is CC(C)OCCS(=O)(=O)N1C[C@H](O)C[C@H]1c1cc(F)ccc1F. The Bertz CT molecular complexity index is 651. The number of hydrogen-bond acceptors (Lipinski definition) is 4. The van der Waals surface area contributed by atoms with Gasteiger partial charge < -0.3 is 9.84 Å². The number of ether oxygens (including phenoxy) is 1. The molecule has 2 atom stereocenters. The van der Waals surface area contributed by atoms with E-state index in [4.69, 9.17) is 4.74 Å². The molecule has 8 heteroatoms. The topological polar surface area (TPSA) is 66.8 Å². The predicted octanol–water partition coefficient (Wildman–Crippen LogP) is 1.83. The molecular weight excluding hydrogens is 328 g/mol. The zero-order chi connectivity index (χ0) is 17.2. The first kappa shape index (κ1) is 18.3. The van der Waals surface area contributed by atoms with Crippen LogP contribution < -0.4 is 0 Å². The first-order valence-corrected chi connectivity index (χ1v) is 9.05. The zero-order valence-electron chi connectivity index (χ0n) is 13.1. The third kappa shape index (κ3) is 4.47. The molecule has 0 bridgehead atoms. The highest BCUT2D eigenvalue weighted by Gasteiger charge is 2.40. The lowest BCUT2D eigenvalue weighted by atomic mass is 10.0. The lowest BCUT2D eigenvalue weighted by molar-refractivity contribution is 0.0905. The van der Waals surface area contributed by atoms with E-state index < -0.39 is 33.8 Å². The molecule has 1 saturated heterocycles. The van der Waals surface area contributed by atoms with Crippen molar-refractivity contribution in [3.8, 4) is 0 Å². The van der Waals surface area contributed by atoms with Crippen molar-refractivity contribution in [2.45, 2.75) is 38.5 Å². The number of benzene rings is 1. The van der Waals surface area contributed by atoms with Crippen LogP contribution in [0.25, 0.3) is 0 Å². The van der Waals surface area contributed by atoms with E-state index in [1.807, 2.05) is 0 Å². The average Bonchev–Trinajstić information content (AvgIpc) is 2.83. The summed E-state index contributed by atoms with van der Waals surface area (Å²) in [6, 6.07) is 2.00. The monoisotopic (exact) mass is 349 g/mol. The molecule has 0 unspecified atom stereocenters. The second-order valence-corrected chi connectivity index (χ2v) is 7.92. The molecule has 1 aliphatic rings. The smallest absolute Gasteiger partial charge is 0.217 e. The lowest BCUT2D eigenvalue weighted by Crippen LogP contribution is -2.35. The molecule has 2 rings (SSSR count). The van der Waals surface area contributed by atoms with Crippen LogP contribution in [0.3, 0.4) is 0 Å². The molecule has 23 heavy (non-hydrogen) atoms. The number of aliphatic hydroxyl groups excluding tert-OH is 1. The lowest BCUT2D eigenvalue weighted by Gasteiger charge is -2.24. The van der Waals surface area contributed by atoms with Gasteiger partial charge in [-0.15, -0.1) is 0 Å². The van der Waals surface area contributed by atoms with E-state index in [-0.39, 0.29) is 37.0 Å². The summed E-state index contributed by atoms with van der Waals surface area (Å²) in [5, 5.41) is 9.81. The van der Waals surface area contributed by atoms with Gasteiger partial charge in [-0.2, -0.15) is 4.31 Å². The van der Waals surface area contributed by atoms with Crippen molar-refractivity contribution >= 4 is 10.0 Å². The summed E-state index contributed by atoms with van der Waals surface area (Å²) in [5.41, 5.74) is -0.0603. The third-order valence-corrected chi connectivity index (χ3v) is 5.50. The number of rotatable bonds is 6. The summed E-state index contributed by atoms with van der Waals surface area (Å²) in [5.74, 6) is -1.61. The minimum absolute atomic E-state index is 0.00491. The second kappa shape index (κ2) is 7.21. The van der Waals surface area contributed by atoms with Crippen LogP contribution in [0.4, 0.5) is 8.78 Å². The van der Waals surface area contributed by atoms with Crippen molar-refractivity contribution in [3.05, 3.63) is 35.4 Å². The summed E-state index contributed by atoms with van der Waals surface area (Å²) in [7, 11) is -3.76. The molecule has 1 fully saturated rings. The number of halogens is 2. The first-order chi connectivity index (χ1) is 10.7. The van der Waals surface area contributed by atoms with Crippen LogP contribution in [-0.4, -0.2) is 48.9 Å². The van der Waals surface area contributed by atoms with Crippen molar-refractivity contribution in [2.24, 2.45) is 0 Å². The van der Waals surface area contributed by atoms with Crippen LogP contribution in [-0.2, 0) is 14.8 Å². The van der Waals surface area contributed by atoms with Crippen molar-refractivity contribution < 1.29 is 27.0 Å². The maximum Gasteiger partial charge on any atom is 0.217 e. The Hall–Kier alpha value is -1.09. The van der Waals surface area contributed by atoms with Gasteiger partial charge >= 0.3 is 0 Å². The van der Waals surface area contributed by atoms with Gasteiger partial charge in [0.05, 0.1) is 30.6 Å². The molecule has 0 spiro atoms. The zero-order valence-corrected chi connectivity index (χ0v) is 13.9. The van der Waals surface area contributed by atoms with Crippen LogP contribution in [0.5, 0.6) is 0 Å². The van der Waals surface area contributed by atoms with Gasteiger partial charge in [-0.05, 0) is 38.5 Å². The standard InChI is InChI=1S/C15H21F2NO4S/c1-10(2)22-5-6-23(20,21)18-9-12(19)8-15(18)13-7-11(16)3-4-14(13)17/h3-4,7,10,12,15,19H,5-6,8-9H2,1-2H3/t12-,15+/m1/s1. The highest BCUT2D eigenvalue weighted by Crippen LogP contribution is 2.36. The Labute approximate surface area is 134 Å². The summed E-state index contributed by atoms with van der Waals surface area (Å²) < 4.78 is 58.6. The number of nitrogens with zero attached hydrogens (tertiary/aromatic N) is 1. The number of β-amino-alcohol motifs (C(OH)–C–C–N with tert-alkyl or cyclic N) is 1. The first-order valence-electron chi connectivity index (χ1n) is 7.45. The number of sulfonamides is 1. The highest BCUT2D eigenvalue weighted by atomic mass is 32.2. The molecule has 5 nitrogen and oxygen atoms in total. The van der Waals surface area contributed by atoms with Gasteiger partial charge in [-0.1, -0.05) is 0 Å². The van der Waals surface area contributed by atoms with Crippen LogP contribution in [0.15, 0.2) is 18.2 Å². The molecule has 0 radical (unpaired) electrons. The molecule has 1 aromatic rings. The summed E-state index contributed by atoms with van der Waals surface area (Å²) >= 11 is 0. The summed E-state index contributed by atoms with van der Waals surface area (Å²) in [6.07, 6.45) is -0.987. The Kier molecular flexibility index (Phi) is 5.72. The van der Waals surface area contributed by atoms with Crippen molar-refractivity contribution in [1.29, 1.82) is 0 Å². The van der Waals surface area contributed by atoms with Gasteiger partial charge in [0.2, 0.25) is 10.0 Å². The van der Waals surface area contributed by atoms with Crippen LogP contribution in [0.2, 0.25) is 0 Å². The largest absolute Gasteiger partial charge is 0.392 e. The van der Waals surface area contributed by atoms with Gasteiger partial charge in [0, 0.05) is 12.1 Å². The molecule has 0 aromatic heterocycles. The molecular formula is C15H21F2NO4S. The van der Waals surface area contributed by atoms with E-state index >= 15 is 0 Å². The quantitative estimate of drug-likeness (QED) is 0.851. The number of hydrogen-bond donors (Lipinski definition) is 1. The Morgan fingerprint density at radius 2 is 2.09 bits per heavy atom. The van der Waals surface area contributed by atoms with Gasteiger partial charge in [0.15, 0.2) is 0 Å². The Morgan fingerprint density at radius 1 is 1.39 bits per heavy atom. The molecule has 1 N–H and O–H groups in total. The van der Waals surface area contributed by atoms with E-state index in [1.54, 1.807) is 13.8 Å². The maximum absolute atomic E-state index is 14.0. The summed E-state index contributed by atoms with van der Waals surface area (Å²) in [6.45, 7) is 3.45.